The van der Waals surface area contributed by atoms with Crippen LogP contribution >= 0.6 is 0 Å². The number of anilines is 2. The zero-order valence-corrected chi connectivity index (χ0v) is 17.8. The van der Waals surface area contributed by atoms with E-state index in [9.17, 15) is 4.79 Å². The lowest BCUT2D eigenvalue weighted by molar-refractivity contribution is 0.0288. The molecule has 4 rings (SSSR count). The molecule has 0 spiro atoms. The maximum Gasteiger partial charge on any atom is 0.410 e. The van der Waals surface area contributed by atoms with Gasteiger partial charge in [-0.2, -0.15) is 0 Å². The number of aromatic nitrogens is 2. The van der Waals surface area contributed by atoms with Gasteiger partial charge in [0.05, 0.1) is 11.0 Å². The Morgan fingerprint density at radius 1 is 1.21 bits per heavy atom. The van der Waals surface area contributed by atoms with Crippen molar-refractivity contribution in [1.82, 2.24) is 14.9 Å². The minimum absolute atomic E-state index is 0.218. The van der Waals surface area contributed by atoms with Crippen molar-refractivity contribution in [2.45, 2.75) is 51.7 Å². The second-order valence-electron chi connectivity index (χ2n) is 9.26. The second-order valence-corrected chi connectivity index (χ2v) is 9.26. The Morgan fingerprint density at radius 3 is 2.55 bits per heavy atom. The summed E-state index contributed by atoms with van der Waals surface area (Å²) in [6, 6.07) is 8.49. The Bertz CT molecular complexity index is 890. The Balaban J connectivity index is 1.46. The summed E-state index contributed by atoms with van der Waals surface area (Å²) >= 11 is 0. The fraction of sp³-hybridized carbons (Fsp3) is 0.591. The topological polar surface area (TPSA) is 70.6 Å². The molecule has 7 heteroatoms. The minimum atomic E-state index is -0.462. The molecule has 2 heterocycles. The number of nitrogens with zero attached hydrogens (tertiary/aromatic N) is 4. The summed E-state index contributed by atoms with van der Waals surface area (Å²) in [5.41, 5.74) is 1.35. The molecule has 0 bridgehead atoms. The van der Waals surface area contributed by atoms with Gasteiger partial charge in [-0.05, 0) is 58.1 Å². The standard InChI is InChI=1S/C22H31N5O2/c1-22(2,3)29-21(28)27-12-11-15(14-27)13-26(4)20-19(23-16-9-10-16)24-17-7-5-6-8-18(17)25-20/h5-8,15-16H,9-14H2,1-4H3,(H,23,24)/t15-/m1/s1. The monoisotopic (exact) mass is 397 g/mol. The quantitative estimate of drug-likeness (QED) is 0.825. The molecule has 7 nitrogen and oxygen atoms in total. The van der Waals surface area contributed by atoms with Crippen molar-refractivity contribution < 1.29 is 9.53 Å². The number of likely N-dealkylation sites (tertiary alicyclic amines) is 1. The fourth-order valence-corrected chi connectivity index (χ4v) is 3.72. The second kappa shape index (κ2) is 7.69. The molecule has 2 aromatic rings. The number of para-hydroxylation sites is 2. The maximum atomic E-state index is 12.3. The van der Waals surface area contributed by atoms with Crippen LogP contribution in [0.5, 0.6) is 0 Å². The van der Waals surface area contributed by atoms with Gasteiger partial charge in [0.2, 0.25) is 0 Å². The molecule has 29 heavy (non-hydrogen) atoms. The first-order chi connectivity index (χ1) is 13.8. The summed E-state index contributed by atoms with van der Waals surface area (Å²) in [4.78, 5) is 26.1. The zero-order chi connectivity index (χ0) is 20.6. The third-order valence-corrected chi connectivity index (χ3v) is 5.30. The molecule has 0 radical (unpaired) electrons. The lowest BCUT2D eigenvalue weighted by Crippen LogP contribution is -2.36. The van der Waals surface area contributed by atoms with E-state index in [1.54, 1.807) is 0 Å². The Morgan fingerprint density at radius 2 is 1.90 bits per heavy atom. The number of ether oxygens (including phenoxy) is 1. The molecule has 1 amide bonds. The average Bonchev–Trinajstić information content (AvgIpc) is 3.34. The third-order valence-electron chi connectivity index (χ3n) is 5.30. The van der Waals surface area contributed by atoms with Crippen molar-refractivity contribution in [3.8, 4) is 0 Å². The van der Waals surface area contributed by atoms with E-state index in [0.717, 1.165) is 42.2 Å². The Labute approximate surface area is 172 Å². The molecule has 2 fully saturated rings. The molecule has 1 aliphatic heterocycles. The number of nitrogens with one attached hydrogen (secondary N) is 1. The van der Waals surface area contributed by atoms with Gasteiger partial charge >= 0.3 is 6.09 Å². The highest BCUT2D eigenvalue weighted by Gasteiger charge is 2.31. The zero-order valence-electron chi connectivity index (χ0n) is 17.8. The van der Waals surface area contributed by atoms with Gasteiger partial charge < -0.3 is 19.9 Å². The van der Waals surface area contributed by atoms with E-state index < -0.39 is 5.60 Å². The van der Waals surface area contributed by atoms with Crippen molar-refractivity contribution >= 4 is 28.8 Å². The molecule has 1 aromatic heterocycles. The smallest absolute Gasteiger partial charge is 0.410 e. The highest BCUT2D eigenvalue weighted by atomic mass is 16.6. The summed E-state index contributed by atoms with van der Waals surface area (Å²) in [6.45, 7) is 7.98. The number of benzene rings is 1. The molecule has 156 valence electrons. The van der Waals surface area contributed by atoms with Crippen molar-refractivity contribution in [1.29, 1.82) is 0 Å². The van der Waals surface area contributed by atoms with Crippen LogP contribution in [0.1, 0.15) is 40.0 Å². The summed E-state index contributed by atoms with van der Waals surface area (Å²) in [5, 5.41) is 3.54. The van der Waals surface area contributed by atoms with Gasteiger partial charge in [-0.25, -0.2) is 14.8 Å². The van der Waals surface area contributed by atoms with E-state index in [1.807, 2.05) is 49.9 Å². The number of fused-ring (bicyclic) bond motifs is 1. The molecular weight excluding hydrogens is 366 g/mol. The number of carbonyl (C=O) groups is 1. The van der Waals surface area contributed by atoms with Crippen LogP contribution in [-0.2, 0) is 4.74 Å². The third kappa shape index (κ3) is 4.89. The van der Waals surface area contributed by atoms with E-state index in [1.165, 1.54) is 12.8 Å². The molecule has 1 saturated heterocycles. The molecule has 1 aliphatic carbocycles. The van der Waals surface area contributed by atoms with Gasteiger partial charge in [0.25, 0.3) is 0 Å². The van der Waals surface area contributed by atoms with E-state index in [2.05, 4.69) is 17.3 Å². The molecule has 1 N–H and O–H groups in total. The van der Waals surface area contributed by atoms with E-state index in [-0.39, 0.29) is 6.09 Å². The first-order valence-corrected chi connectivity index (χ1v) is 10.5. The van der Waals surface area contributed by atoms with Gasteiger partial charge in [-0.1, -0.05) is 12.1 Å². The number of amides is 1. The average molecular weight is 398 g/mol. The van der Waals surface area contributed by atoms with Crippen LogP contribution in [0.15, 0.2) is 24.3 Å². The SMILES string of the molecule is CN(C[C@H]1CCN(C(=O)OC(C)(C)C)C1)c1nc2ccccc2nc1NC1CC1. The Kier molecular flexibility index (Phi) is 5.23. The van der Waals surface area contributed by atoms with E-state index >= 15 is 0 Å². The van der Waals surface area contributed by atoms with Gasteiger partial charge in [0, 0.05) is 32.7 Å². The van der Waals surface area contributed by atoms with Crippen LogP contribution in [0.25, 0.3) is 11.0 Å². The largest absolute Gasteiger partial charge is 0.444 e. The number of hydrogen-bond acceptors (Lipinski definition) is 6. The van der Waals surface area contributed by atoms with Gasteiger partial charge in [-0.15, -0.1) is 0 Å². The van der Waals surface area contributed by atoms with E-state index in [4.69, 9.17) is 14.7 Å². The number of carbonyl (C=O) groups excluding carboxylic acids is 1. The first kappa shape index (κ1) is 19.7. The number of rotatable bonds is 5. The molecule has 2 aliphatic rings. The summed E-state index contributed by atoms with van der Waals surface area (Å²) in [6.07, 6.45) is 3.12. The van der Waals surface area contributed by atoms with E-state index in [0.29, 0.717) is 18.5 Å². The van der Waals surface area contributed by atoms with Crippen LogP contribution in [0.2, 0.25) is 0 Å². The summed E-state index contributed by atoms with van der Waals surface area (Å²) < 4.78 is 5.52. The minimum Gasteiger partial charge on any atom is -0.444 e. The lowest BCUT2D eigenvalue weighted by atomic mass is 10.1. The van der Waals surface area contributed by atoms with Crippen LogP contribution in [-0.4, -0.2) is 59.3 Å². The number of hydrogen-bond donors (Lipinski definition) is 1. The predicted molar refractivity (Wildman–Crippen MR) is 115 cm³/mol. The van der Waals surface area contributed by atoms with Gasteiger partial charge in [-0.3, -0.25) is 0 Å². The Hall–Kier alpha value is -2.57. The molecule has 1 saturated carbocycles. The van der Waals surface area contributed by atoms with Crippen molar-refractivity contribution in [2.75, 3.05) is 36.9 Å². The highest BCUT2D eigenvalue weighted by Crippen LogP contribution is 2.31. The van der Waals surface area contributed by atoms with Crippen molar-refractivity contribution in [3.63, 3.8) is 0 Å². The van der Waals surface area contributed by atoms with Gasteiger partial charge in [0.15, 0.2) is 11.6 Å². The van der Waals surface area contributed by atoms with Crippen molar-refractivity contribution in [2.24, 2.45) is 5.92 Å². The van der Waals surface area contributed by atoms with Crippen LogP contribution < -0.4 is 10.2 Å². The molecule has 0 unspecified atom stereocenters. The van der Waals surface area contributed by atoms with Crippen molar-refractivity contribution in [3.05, 3.63) is 24.3 Å². The fourth-order valence-electron chi connectivity index (χ4n) is 3.72. The maximum absolute atomic E-state index is 12.3. The summed E-state index contributed by atoms with van der Waals surface area (Å²) in [7, 11) is 2.06. The van der Waals surface area contributed by atoms with Gasteiger partial charge in [0.1, 0.15) is 5.60 Å². The summed E-state index contributed by atoms with van der Waals surface area (Å²) in [5.74, 6) is 2.12. The molecule has 1 atom stereocenters. The molecule has 1 aromatic carbocycles. The first-order valence-electron chi connectivity index (χ1n) is 10.5. The normalized spacial score (nSPS) is 19.4. The lowest BCUT2D eigenvalue weighted by Gasteiger charge is -2.26. The highest BCUT2D eigenvalue weighted by molar-refractivity contribution is 5.80. The predicted octanol–water partition coefficient (Wildman–Crippen LogP) is 3.90. The molecular formula is C22H31N5O2. The van der Waals surface area contributed by atoms with Crippen LogP contribution in [0.3, 0.4) is 0 Å². The van der Waals surface area contributed by atoms with Crippen LogP contribution in [0, 0.1) is 5.92 Å². The van der Waals surface area contributed by atoms with Crippen LogP contribution in [0.4, 0.5) is 16.4 Å².